The summed E-state index contributed by atoms with van der Waals surface area (Å²) in [7, 11) is 3.18. The fourth-order valence-corrected chi connectivity index (χ4v) is 2.92. The molecule has 0 spiro atoms. The lowest BCUT2D eigenvalue weighted by molar-refractivity contribution is -0.141. The molecule has 0 bridgehead atoms. The molecule has 0 unspecified atom stereocenters. The highest BCUT2D eigenvalue weighted by Gasteiger charge is 2.33. The number of alkyl halides is 3. The molecule has 1 amide bonds. The Hall–Kier alpha value is -2.95. The van der Waals surface area contributed by atoms with Gasteiger partial charge in [0.2, 0.25) is 0 Å². The van der Waals surface area contributed by atoms with Crippen molar-refractivity contribution in [2.45, 2.75) is 16.5 Å². The number of hydrogen-bond acceptors (Lipinski definition) is 6. The Labute approximate surface area is 156 Å². The van der Waals surface area contributed by atoms with E-state index in [-0.39, 0.29) is 21.9 Å². The lowest BCUT2D eigenvalue weighted by Gasteiger charge is -2.16. The minimum atomic E-state index is -4.56. The molecule has 0 radical (unpaired) electrons. The topological polar surface area (TPSA) is 76.8 Å². The summed E-state index contributed by atoms with van der Waals surface area (Å²) in [5, 5.41) is 0.176. The number of carbonyl (C=O) groups is 1. The van der Waals surface area contributed by atoms with E-state index >= 15 is 0 Å². The average molecular weight is 394 g/mol. The van der Waals surface area contributed by atoms with Crippen molar-refractivity contribution in [3.8, 4) is 0 Å². The first-order valence-corrected chi connectivity index (χ1v) is 8.37. The summed E-state index contributed by atoms with van der Waals surface area (Å²) in [6.07, 6.45) is 0.956. The van der Waals surface area contributed by atoms with E-state index in [1.54, 1.807) is 38.6 Å². The zero-order valence-corrected chi connectivity index (χ0v) is 15.0. The zero-order chi connectivity index (χ0) is 19.6. The fraction of sp³-hybridized carbons (Fsp3) is 0.188. The van der Waals surface area contributed by atoms with Gasteiger partial charge in [0.25, 0.3) is 5.91 Å². The van der Waals surface area contributed by atoms with Crippen LogP contribution in [0, 0.1) is 0 Å². The van der Waals surface area contributed by atoms with Gasteiger partial charge in [-0.15, -0.1) is 0 Å². The summed E-state index contributed by atoms with van der Waals surface area (Å²) < 4.78 is 39.8. The second-order valence-electron chi connectivity index (χ2n) is 5.38. The first-order chi connectivity index (χ1) is 12.8. The molecule has 3 rings (SSSR count). The lowest BCUT2D eigenvalue weighted by atomic mass is 10.3. The van der Waals surface area contributed by atoms with Gasteiger partial charge in [0.05, 0.1) is 18.1 Å². The van der Waals surface area contributed by atoms with Gasteiger partial charge in [-0.3, -0.25) is 9.78 Å². The van der Waals surface area contributed by atoms with Crippen LogP contribution in [0.5, 0.6) is 0 Å². The molecular formula is C16H13F3N6OS. The molecule has 0 fully saturated rings. The Balaban J connectivity index is 1.83. The van der Waals surface area contributed by atoms with E-state index < -0.39 is 11.9 Å². The van der Waals surface area contributed by atoms with Crippen molar-refractivity contribution in [2.24, 2.45) is 7.05 Å². The standard InChI is InChI=1S/C16H13F3N6OS/c1-24(10-4-3-6-20-8-10)13(26)11-9-22-15(25(11)2)27-14-21-7-5-12(23-14)16(17,18)19/h3-9H,1-2H3. The normalized spacial score (nSPS) is 11.4. The monoisotopic (exact) mass is 394 g/mol. The molecule has 0 aromatic carbocycles. The van der Waals surface area contributed by atoms with Gasteiger partial charge in [-0.05, 0) is 30.0 Å². The van der Waals surface area contributed by atoms with Gasteiger partial charge in [-0.1, -0.05) is 0 Å². The number of anilines is 1. The van der Waals surface area contributed by atoms with Crippen molar-refractivity contribution < 1.29 is 18.0 Å². The molecule has 3 aromatic rings. The quantitative estimate of drug-likeness (QED) is 0.633. The van der Waals surface area contributed by atoms with Crippen molar-refractivity contribution >= 4 is 23.4 Å². The molecule has 7 nitrogen and oxygen atoms in total. The summed E-state index contributed by atoms with van der Waals surface area (Å²) in [5.41, 5.74) is -0.184. The molecule has 0 N–H and O–H groups in total. The highest BCUT2D eigenvalue weighted by atomic mass is 32.2. The molecule has 3 heterocycles. The molecule has 3 aromatic heterocycles. The third-order valence-corrected chi connectivity index (χ3v) is 4.55. The van der Waals surface area contributed by atoms with Crippen molar-refractivity contribution in [2.75, 3.05) is 11.9 Å². The predicted molar refractivity (Wildman–Crippen MR) is 91.3 cm³/mol. The zero-order valence-electron chi connectivity index (χ0n) is 14.2. The van der Waals surface area contributed by atoms with Crippen molar-refractivity contribution in [1.82, 2.24) is 24.5 Å². The molecule has 0 aliphatic rings. The van der Waals surface area contributed by atoms with E-state index in [0.717, 1.165) is 24.0 Å². The molecular weight excluding hydrogens is 381 g/mol. The Morgan fingerprint density at radius 2 is 1.96 bits per heavy atom. The number of imidazole rings is 1. The Bertz CT molecular complexity index is 960. The van der Waals surface area contributed by atoms with Crippen molar-refractivity contribution in [1.29, 1.82) is 0 Å². The predicted octanol–water partition coefficient (Wildman–Crippen LogP) is 3.05. The number of halogens is 3. The highest BCUT2D eigenvalue weighted by Crippen LogP contribution is 2.30. The van der Waals surface area contributed by atoms with E-state index in [1.165, 1.54) is 15.7 Å². The number of aromatic nitrogens is 5. The molecule has 0 atom stereocenters. The first-order valence-electron chi connectivity index (χ1n) is 7.55. The van der Waals surface area contributed by atoms with Gasteiger partial charge in [0.1, 0.15) is 11.4 Å². The summed E-state index contributed by atoms with van der Waals surface area (Å²) in [6, 6.07) is 4.22. The Kier molecular flexibility index (Phi) is 5.13. The summed E-state index contributed by atoms with van der Waals surface area (Å²) >= 11 is 0.837. The summed E-state index contributed by atoms with van der Waals surface area (Å²) in [6.45, 7) is 0. The summed E-state index contributed by atoms with van der Waals surface area (Å²) in [5.74, 6) is -0.338. The molecule has 0 aliphatic carbocycles. The molecule has 0 saturated heterocycles. The van der Waals surface area contributed by atoms with E-state index in [0.29, 0.717) is 5.69 Å². The molecule has 0 aliphatic heterocycles. The third-order valence-electron chi connectivity index (χ3n) is 3.61. The Morgan fingerprint density at radius 3 is 2.63 bits per heavy atom. The van der Waals surface area contributed by atoms with Gasteiger partial charge in [-0.2, -0.15) is 13.2 Å². The van der Waals surface area contributed by atoms with Gasteiger partial charge >= 0.3 is 6.18 Å². The number of amides is 1. The van der Waals surface area contributed by atoms with Gasteiger partial charge in [0, 0.05) is 26.5 Å². The minimum absolute atomic E-state index is 0.113. The van der Waals surface area contributed by atoms with Crippen LogP contribution < -0.4 is 4.90 Å². The number of pyridine rings is 1. The van der Waals surface area contributed by atoms with Crippen LogP contribution in [0.3, 0.4) is 0 Å². The van der Waals surface area contributed by atoms with E-state index in [1.807, 2.05) is 0 Å². The number of nitrogens with zero attached hydrogens (tertiary/aromatic N) is 6. The number of rotatable bonds is 4. The van der Waals surface area contributed by atoms with Gasteiger partial charge in [0.15, 0.2) is 10.3 Å². The number of hydrogen-bond donors (Lipinski definition) is 0. The third kappa shape index (κ3) is 4.08. The lowest BCUT2D eigenvalue weighted by Crippen LogP contribution is -2.28. The largest absolute Gasteiger partial charge is 0.433 e. The van der Waals surface area contributed by atoms with Crippen LogP contribution >= 0.6 is 11.8 Å². The van der Waals surface area contributed by atoms with Gasteiger partial charge in [-0.25, -0.2) is 15.0 Å². The van der Waals surface area contributed by atoms with Crippen LogP contribution in [0.15, 0.2) is 53.3 Å². The SMILES string of the molecule is CN(C(=O)c1cnc(Sc2nccc(C(F)(F)F)n2)n1C)c1cccnc1. The average Bonchev–Trinajstić information content (AvgIpc) is 3.01. The van der Waals surface area contributed by atoms with Crippen LogP contribution in [0.2, 0.25) is 0 Å². The van der Waals surface area contributed by atoms with Gasteiger partial charge < -0.3 is 9.47 Å². The highest BCUT2D eigenvalue weighted by molar-refractivity contribution is 7.99. The first kappa shape index (κ1) is 18.8. The van der Waals surface area contributed by atoms with Crippen LogP contribution in [-0.2, 0) is 13.2 Å². The van der Waals surface area contributed by atoms with Crippen LogP contribution in [-0.4, -0.2) is 37.5 Å². The van der Waals surface area contributed by atoms with E-state index in [9.17, 15) is 18.0 Å². The summed E-state index contributed by atoms with van der Waals surface area (Å²) in [4.78, 5) is 29.4. The van der Waals surface area contributed by atoms with Crippen LogP contribution in [0.1, 0.15) is 16.2 Å². The van der Waals surface area contributed by atoms with E-state index in [2.05, 4.69) is 19.9 Å². The smallest absolute Gasteiger partial charge is 0.318 e. The maximum atomic E-state index is 12.8. The fourth-order valence-electron chi connectivity index (χ4n) is 2.16. The minimum Gasteiger partial charge on any atom is -0.318 e. The van der Waals surface area contributed by atoms with Crippen molar-refractivity contribution in [3.63, 3.8) is 0 Å². The molecule has 11 heteroatoms. The maximum absolute atomic E-state index is 12.8. The van der Waals surface area contributed by atoms with Crippen molar-refractivity contribution in [3.05, 3.63) is 54.4 Å². The molecule has 27 heavy (non-hydrogen) atoms. The number of carbonyl (C=O) groups excluding carboxylic acids is 1. The van der Waals surface area contributed by atoms with Crippen LogP contribution in [0.25, 0.3) is 0 Å². The molecule has 140 valence electrons. The Morgan fingerprint density at radius 1 is 1.19 bits per heavy atom. The van der Waals surface area contributed by atoms with Crippen LogP contribution in [0.4, 0.5) is 18.9 Å². The molecule has 0 saturated carbocycles. The second kappa shape index (κ2) is 7.35. The maximum Gasteiger partial charge on any atom is 0.433 e. The second-order valence-corrected chi connectivity index (χ2v) is 6.32. The van der Waals surface area contributed by atoms with E-state index in [4.69, 9.17) is 0 Å².